The number of hydrogen-bond acceptors (Lipinski definition) is 2. The van der Waals surface area contributed by atoms with Crippen molar-refractivity contribution in [2.75, 3.05) is 7.05 Å². The van der Waals surface area contributed by atoms with Crippen molar-refractivity contribution in [3.05, 3.63) is 34.9 Å². The highest BCUT2D eigenvalue weighted by Crippen LogP contribution is 2.28. The van der Waals surface area contributed by atoms with Crippen LogP contribution in [0.3, 0.4) is 0 Å². The van der Waals surface area contributed by atoms with E-state index < -0.39 is 12.2 Å². The summed E-state index contributed by atoms with van der Waals surface area (Å²) in [5.41, 5.74) is 0.748. The number of nitrogens with zero attached hydrogens (tertiary/aromatic N) is 2. The Labute approximate surface area is 115 Å². The second kappa shape index (κ2) is 6.78. The molecule has 1 unspecified atom stereocenters. The van der Waals surface area contributed by atoms with Crippen molar-refractivity contribution < 1.29 is 13.2 Å². The Balaban J connectivity index is 2.74. The summed E-state index contributed by atoms with van der Waals surface area (Å²) in [5, 5.41) is 8.98. The van der Waals surface area contributed by atoms with E-state index in [1.165, 1.54) is 11.9 Å². The lowest BCUT2D eigenvalue weighted by atomic mass is 10.1. The maximum atomic E-state index is 12.9. The summed E-state index contributed by atoms with van der Waals surface area (Å²) >= 11 is 5.72. The van der Waals surface area contributed by atoms with Gasteiger partial charge in [-0.1, -0.05) is 23.7 Å². The first kappa shape index (κ1) is 15.8. The van der Waals surface area contributed by atoms with Crippen LogP contribution in [0.4, 0.5) is 13.2 Å². The predicted octanol–water partition coefficient (Wildman–Crippen LogP) is 4.01. The number of halogens is 4. The summed E-state index contributed by atoms with van der Waals surface area (Å²) in [6, 6.07) is 6.81. The van der Waals surface area contributed by atoms with Crippen molar-refractivity contribution in [3.8, 4) is 6.07 Å². The fraction of sp³-hybridized carbons (Fsp3) is 0.462. The van der Waals surface area contributed by atoms with Crippen LogP contribution in [-0.4, -0.2) is 24.2 Å². The molecule has 104 valence electrons. The van der Waals surface area contributed by atoms with Crippen molar-refractivity contribution >= 4 is 11.6 Å². The van der Waals surface area contributed by atoms with Gasteiger partial charge in [0.05, 0.1) is 6.07 Å². The summed E-state index contributed by atoms with van der Waals surface area (Å²) in [6.07, 6.45) is -4.67. The van der Waals surface area contributed by atoms with Gasteiger partial charge in [-0.25, -0.2) is 0 Å². The van der Waals surface area contributed by atoms with Crippen molar-refractivity contribution in [3.63, 3.8) is 0 Å². The standard InChI is InChI=1S/C13H14ClF3N2/c1-19(9-10-4-6-11(14)7-5-10)12(3-2-8-18)13(15,16)17/h4-7,12H,2-3,9H2,1H3. The van der Waals surface area contributed by atoms with Gasteiger partial charge in [-0.2, -0.15) is 18.4 Å². The van der Waals surface area contributed by atoms with Crippen LogP contribution in [0.1, 0.15) is 18.4 Å². The molecule has 0 N–H and O–H groups in total. The molecule has 0 radical (unpaired) electrons. The lowest BCUT2D eigenvalue weighted by Gasteiger charge is -2.29. The number of benzene rings is 1. The number of hydrogen-bond donors (Lipinski definition) is 0. The molecule has 0 amide bonds. The molecule has 6 heteroatoms. The average Bonchev–Trinajstić information content (AvgIpc) is 2.31. The molecule has 0 aliphatic heterocycles. The minimum atomic E-state index is -4.34. The molecule has 0 fully saturated rings. The molecule has 0 aliphatic rings. The second-order valence-electron chi connectivity index (χ2n) is 4.30. The van der Waals surface area contributed by atoms with Crippen LogP contribution < -0.4 is 0 Å². The van der Waals surface area contributed by atoms with E-state index in [1.54, 1.807) is 30.3 Å². The van der Waals surface area contributed by atoms with Gasteiger partial charge in [0, 0.05) is 18.0 Å². The molecule has 0 saturated carbocycles. The lowest BCUT2D eigenvalue weighted by molar-refractivity contribution is -0.183. The highest BCUT2D eigenvalue weighted by molar-refractivity contribution is 6.30. The molecule has 0 heterocycles. The summed E-state index contributed by atoms with van der Waals surface area (Å²) in [4.78, 5) is 1.21. The van der Waals surface area contributed by atoms with E-state index in [0.29, 0.717) is 5.02 Å². The smallest absolute Gasteiger partial charge is 0.291 e. The zero-order valence-corrected chi connectivity index (χ0v) is 11.2. The summed E-state index contributed by atoms with van der Waals surface area (Å²) in [7, 11) is 1.41. The van der Waals surface area contributed by atoms with Crippen LogP contribution in [0.15, 0.2) is 24.3 Å². The molecule has 0 saturated heterocycles. The van der Waals surface area contributed by atoms with E-state index in [1.807, 2.05) is 0 Å². The molecular weight excluding hydrogens is 277 g/mol. The number of nitriles is 1. The fourth-order valence-electron chi connectivity index (χ4n) is 1.82. The zero-order chi connectivity index (χ0) is 14.5. The molecule has 0 aromatic heterocycles. The topological polar surface area (TPSA) is 27.0 Å². The van der Waals surface area contributed by atoms with Gasteiger partial charge in [0.15, 0.2) is 0 Å². The van der Waals surface area contributed by atoms with E-state index in [0.717, 1.165) is 5.56 Å². The van der Waals surface area contributed by atoms with Gasteiger partial charge in [0.2, 0.25) is 0 Å². The molecule has 1 atom stereocenters. The SMILES string of the molecule is CN(Cc1ccc(Cl)cc1)C(CCC#N)C(F)(F)F. The monoisotopic (exact) mass is 290 g/mol. The van der Waals surface area contributed by atoms with Crippen LogP contribution in [0, 0.1) is 11.3 Å². The third kappa shape index (κ3) is 5.09. The lowest BCUT2D eigenvalue weighted by Crippen LogP contribution is -2.43. The van der Waals surface area contributed by atoms with Gasteiger partial charge in [0.1, 0.15) is 6.04 Å². The molecular formula is C13H14ClF3N2. The maximum absolute atomic E-state index is 12.9. The Kier molecular flexibility index (Phi) is 5.64. The van der Waals surface area contributed by atoms with Gasteiger partial charge in [-0.3, -0.25) is 4.90 Å². The van der Waals surface area contributed by atoms with Crippen LogP contribution in [0.2, 0.25) is 5.02 Å². The van der Waals surface area contributed by atoms with E-state index in [-0.39, 0.29) is 19.4 Å². The molecule has 1 aromatic rings. The fourth-order valence-corrected chi connectivity index (χ4v) is 1.95. The molecule has 0 spiro atoms. The average molecular weight is 291 g/mol. The summed E-state index contributed by atoms with van der Waals surface area (Å²) in [6.45, 7) is 0.159. The minimum Gasteiger partial charge on any atom is -0.291 e. The highest BCUT2D eigenvalue weighted by atomic mass is 35.5. The number of rotatable bonds is 5. The normalized spacial score (nSPS) is 13.3. The Morgan fingerprint density at radius 1 is 1.32 bits per heavy atom. The Hall–Kier alpha value is -1.25. The van der Waals surface area contributed by atoms with Crippen LogP contribution >= 0.6 is 11.6 Å². The maximum Gasteiger partial charge on any atom is 0.404 e. The van der Waals surface area contributed by atoms with Gasteiger partial charge in [-0.15, -0.1) is 0 Å². The van der Waals surface area contributed by atoms with Crippen LogP contribution in [-0.2, 0) is 6.54 Å². The van der Waals surface area contributed by atoms with E-state index in [2.05, 4.69) is 0 Å². The Morgan fingerprint density at radius 2 is 1.89 bits per heavy atom. The number of alkyl halides is 3. The van der Waals surface area contributed by atoms with Gasteiger partial charge in [-0.05, 0) is 31.2 Å². The first-order valence-corrected chi connectivity index (χ1v) is 6.10. The third-order valence-corrected chi connectivity index (χ3v) is 3.04. The van der Waals surface area contributed by atoms with Crippen molar-refractivity contribution in [2.45, 2.75) is 31.6 Å². The van der Waals surface area contributed by atoms with E-state index in [4.69, 9.17) is 16.9 Å². The largest absolute Gasteiger partial charge is 0.404 e. The van der Waals surface area contributed by atoms with E-state index in [9.17, 15) is 13.2 Å². The van der Waals surface area contributed by atoms with Crippen molar-refractivity contribution in [1.29, 1.82) is 5.26 Å². The highest BCUT2D eigenvalue weighted by Gasteiger charge is 2.41. The van der Waals surface area contributed by atoms with Crippen LogP contribution in [0.5, 0.6) is 0 Å². The van der Waals surface area contributed by atoms with Gasteiger partial charge in [0.25, 0.3) is 0 Å². The van der Waals surface area contributed by atoms with Gasteiger partial charge >= 0.3 is 6.18 Å². The first-order valence-electron chi connectivity index (χ1n) is 5.73. The third-order valence-electron chi connectivity index (χ3n) is 2.78. The molecule has 0 aliphatic carbocycles. The molecule has 1 aromatic carbocycles. The summed E-state index contributed by atoms with van der Waals surface area (Å²) in [5.74, 6) is 0. The zero-order valence-electron chi connectivity index (χ0n) is 10.4. The van der Waals surface area contributed by atoms with Crippen LogP contribution in [0.25, 0.3) is 0 Å². The quantitative estimate of drug-likeness (QED) is 0.819. The van der Waals surface area contributed by atoms with E-state index >= 15 is 0 Å². The molecule has 0 bridgehead atoms. The molecule has 19 heavy (non-hydrogen) atoms. The second-order valence-corrected chi connectivity index (χ2v) is 4.73. The molecule has 1 rings (SSSR count). The molecule has 2 nitrogen and oxygen atoms in total. The first-order chi connectivity index (χ1) is 8.84. The Bertz CT molecular complexity index is 437. The van der Waals surface area contributed by atoms with Gasteiger partial charge < -0.3 is 0 Å². The van der Waals surface area contributed by atoms with Crippen molar-refractivity contribution in [2.24, 2.45) is 0 Å². The Morgan fingerprint density at radius 3 is 2.37 bits per heavy atom. The minimum absolute atomic E-state index is 0.116. The predicted molar refractivity (Wildman–Crippen MR) is 67.6 cm³/mol. The van der Waals surface area contributed by atoms with Crippen molar-refractivity contribution in [1.82, 2.24) is 4.90 Å². The summed E-state index contributed by atoms with van der Waals surface area (Å²) < 4.78 is 38.7.